The topological polar surface area (TPSA) is 41.5 Å². The number of hydrogen-bond donors (Lipinski definition) is 1. The maximum absolute atomic E-state index is 11.8. The van der Waals surface area contributed by atoms with Gasteiger partial charge in [-0.05, 0) is 31.3 Å². The van der Waals surface area contributed by atoms with E-state index in [0.29, 0.717) is 5.56 Å². The number of carbonyl (C=O) groups excluding carboxylic acids is 1. The summed E-state index contributed by atoms with van der Waals surface area (Å²) >= 11 is 15.7. The fraction of sp³-hybridized carbons (Fsp3) is 0.273. The van der Waals surface area contributed by atoms with Crippen LogP contribution in [0.5, 0.6) is 0 Å². The third-order valence-corrected chi connectivity index (χ3v) is 2.61. The molecule has 17 heavy (non-hydrogen) atoms. The quantitative estimate of drug-likeness (QED) is 0.526. The van der Waals surface area contributed by atoms with Crippen LogP contribution in [-0.4, -0.2) is 22.1 Å². The normalized spacial score (nSPS) is 11.8. The third kappa shape index (κ3) is 4.44. The first-order chi connectivity index (χ1) is 8.04. The molecule has 1 aromatic rings. The van der Waals surface area contributed by atoms with Crippen LogP contribution in [0.2, 0.25) is 0 Å². The van der Waals surface area contributed by atoms with E-state index in [1.54, 1.807) is 12.1 Å². The molecule has 0 spiro atoms. The van der Waals surface area contributed by atoms with Crippen molar-refractivity contribution >= 4 is 46.5 Å². The van der Waals surface area contributed by atoms with Crippen LogP contribution < -0.4 is 5.32 Å². The van der Waals surface area contributed by atoms with Gasteiger partial charge in [-0.25, -0.2) is 4.99 Å². The molecule has 1 aromatic carbocycles. The Morgan fingerprint density at radius 3 is 2.47 bits per heavy atom. The SMILES string of the molecule is Cc1ccc(C(=O)N[C@H](N=C=S)C(Cl)Cl)cc1. The lowest BCUT2D eigenvalue weighted by Gasteiger charge is -2.13. The van der Waals surface area contributed by atoms with E-state index < -0.39 is 11.0 Å². The average Bonchev–Trinajstić information content (AvgIpc) is 2.29. The number of nitrogens with zero attached hydrogens (tertiary/aromatic N) is 1. The van der Waals surface area contributed by atoms with E-state index in [1.165, 1.54) is 0 Å². The molecule has 1 amide bonds. The molecule has 0 heterocycles. The van der Waals surface area contributed by atoms with Gasteiger partial charge in [0.15, 0.2) is 6.17 Å². The molecule has 0 aliphatic carbocycles. The van der Waals surface area contributed by atoms with Crippen LogP contribution in [-0.2, 0) is 0 Å². The largest absolute Gasteiger partial charge is 0.327 e. The molecule has 3 nitrogen and oxygen atoms in total. The summed E-state index contributed by atoms with van der Waals surface area (Å²) in [5.41, 5.74) is 1.58. The van der Waals surface area contributed by atoms with Gasteiger partial charge in [0.25, 0.3) is 5.91 Å². The van der Waals surface area contributed by atoms with Crippen molar-refractivity contribution in [2.24, 2.45) is 4.99 Å². The Morgan fingerprint density at radius 2 is 2.00 bits per heavy atom. The maximum Gasteiger partial charge on any atom is 0.253 e. The molecule has 0 saturated heterocycles. The van der Waals surface area contributed by atoms with Gasteiger partial charge in [-0.1, -0.05) is 17.7 Å². The van der Waals surface area contributed by atoms with E-state index in [4.69, 9.17) is 23.2 Å². The van der Waals surface area contributed by atoms with Gasteiger partial charge < -0.3 is 5.32 Å². The Balaban J connectivity index is 2.77. The zero-order valence-corrected chi connectivity index (χ0v) is 11.3. The van der Waals surface area contributed by atoms with Gasteiger partial charge in [-0.3, -0.25) is 4.79 Å². The van der Waals surface area contributed by atoms with Crippen LogP contribution in [0.3, 0.4) is 0 Å². The number of amides is 1. The van der Waals surface area contributed by atoms with Crippen LogP contribution in [0.4, 0.5) is 0 Å². The van der Waals surface area contributed by atoms with Crippen molar-refractivity contribution < 1.29 is 4.79 Å². The zero-order chi connectivity index (χ0) is 12.8. The molecule has 0 aliphatic rings. The molecule has 0 radical (unpaired) electrons. The number of benzene rings is 1. The molecular formula is C11H10Cl2N2OS. The average molecular weight is 289 g/mol. The molecule has 1 atom stereocenters. The molecule has 0 unspecified atom stereocenters. The number of nitrogens with one attached hydrogen (secondary N) is 1. The van der Waals surface area contributed by atoms with E-state index in [0.717, 1.165) is 5.56 Å². The number of isothiocyanates is 1. The van der Waals surface area contributed by atoms with Gasteiger partial charge in [0.1, 0.15) is 4.84 Å². The maximum atomic E-state index is 11.8. The van der Waals surface area contributed by atoms with Crippen LogP contribution in [0.25, 0.3) is 0 Å². The Hall–Kier alpha value is -0.930. The molecule has 0 fully saturated rings. The van der Waals surface area contributed by atoms with E-state index in [9.17, 15) is 4.79 Å². The van der Waals surface area contributed by atoms with E-state index in [-0.39, 0.29) is 5.91 Å². The summed E-state index contributed by atoms with van der Waals surface area (Å²) in [4.78, 5) is 14.6. The number of rotatable bonds is 4. The lowest BCUT2D eigenvalue weighted by atomic mass is 10.1. The first kappa shape index (κ1) is 14.1. The number of thiocarbonyl (C=S) groups is 1. The number of aliphatic imine (C=N–C) groups is 1. The third-order valence-electron chi connectivity index (χ3n) is 2.02. The minimum Gasteiger partial charge on any atom is -0.327 e. The fourth-order valence-electron chi connectivity index (χ4n) is 1.13. The highest BCUT2D eigenvalue weighted by molar-refractivity contribution is 7.78. The summed E-state index contributed by atoms with van der Waals surface area (Å²) in [6, 6.07) is 7.09. The van der Waals surface area contributed by atoms with Crippen LogP contribution in [0.1, 0.15) is 15.9 Å². The van der Waals surface area contributed by atoms with Crippen LogP contribution >= 0.6 is 35.4 Å². The Kier molecular flexibility index (Phi) is 5.59. The van der Waals surface area contributed by atoms with Crippen molar-refractivity contribution in [3.63, 3.8) is 0 Å². The molecule has 90 valence electrons. The lowest BCUT2D eigenvalue weighted by molar-refractivity contribution is 0.0940. The van der Waals surface area contributed by atoms with Crippen LogP contribution in [0.15, 0.2) is 29.3 Å². The molecule has 0 aliphatic heterocycles. The number of aryl methyl sites for hydroxylation is 1. The molecule has 0 saturated carbocycles. The first-order valence-electron chi connectivity index (χ1n) is 4.77. The second-order valence-corrected chi connectivity index (χ2v) is 4.69. The van der Waals surface area contributed by atoms with Gasteiger partial charge >= 0.3 is 0 Å². The predicted octanol–water partition coefficient (Wildman–Crippen LogP) is 2.96. The van der Waals surface area contributed by atoms with Crippen molar-refractivity contribution in [2.45, 2.75) is 17.9 Å². The highest BCUT2D eigenvalue weighted by Crippen LogP contribution is 2.10. The van der Waals surface area contributed by atoms with Crippen molar-refractivity contribution in [3.8, 4) is 0 Å². The van der Waals surface area contributed by atoms with E-state index in [1.807, 2.05) is 19.1 Å². The van der Waals surface area contributed by atoms with Gasteiger partial charge in [0.2, 0.25) is 0 Å². The highest BCUT2D eigenvalue weighted by Gasteiger charge is 2.18. The fourth-order valence-corrected chi connectivity index (χ4v) is 1.48. The first-order valence-corrected chi connectivity index (χ1v) is 6.05. The monoisotopic (exact) mass is 288 g/mol. The Bertz CT molecular complexity index is 441. The molecule has 0 aromatic heterocycles. The minimum absolute atomic E-state index is 0.310. The summed E-state index contributed by atoms with van der Waals surface area (Å²) < 4.78 is 0. The summed E-state index contributed by atoms with van der Waals surface area (Å²) in [6.45, 7) is 1.94. The summed E-state index contributed by atoms with van der Waals surface area (Å²) in [5, 5.41) is 4.69. The van der Waals surface area contributed by atoms with Crippen molar-refractivity contribution in [2.75, 3.05) is 0 Å². The van der Waals surface area contributed by atoms with Crippen LogP contribution in [0, 0.1) is 6.92 Å². The van der Waals surface area contributed by atoms with Gasteiger partial charge in [0, 0.05) is 5.56 Å². The second kappa shape index (κ2) is 6.72. The van der Waals surface area contributed by atoms with Crippen molar-refractivity contribution in [1.82, 2.24) is 5.32 Å². The van der Waals surface area contributed by atoms with E-state index >= 15 is 0 Å². The summed E-state index contributed by atoms with van der Waals surface area (Å²) in [7, 11) is 0. The molecule has 1 N–H and O–H groups in total. The summed E-state index contributed by atoms with van der Waals surface area (Å²) in [5.74, 6) is -0.310. The number of carbonyl (C=O) groups is 1. The second-order valence-electron chi connectivity index (χ2n) is 3.34. The molecular weight excluding hydrogens is 279 g/mol. The minimum atomic E-state index is -0.875. The number of alkyl halides is 2. The number of halogens is 2. The lowest BCUT2D eigenvalue weighted by Crippen LogP contribution is -2.37. The van der Waals surface area contributed by atoms with Crippen molar-refractivity contribution in [3.05, 3.63) is 35.4 Å². The predicted molar refractivity (Wildman–Crippen MR) is 73.0 cm³/mol. The smallest absolute Gasteiger partial charge is 0.253 e. The van der Waals surface area contributed by atoms with E-state index in [2.05, 4.69) is 27.7 Å². The van der Waals surface area contributed by atoms with Crippen molar-refractivity contribution in [1.29, 1.82) is 0 Å². The molecule has 1 rings (SSSR count). The summed E-state index contributed by atoms with van der Waals surface area (Å²) in [6.07, 6.45) is -0.787. The molecule has 6 heteroatoms. The van der Waals surface area contributed by atoms with Gasteiger partial charge in [0.05, 0.1) is 5.16 Å². The Morgan fingerprint density at radius 1 is 1.41 bits per heavy atom. The number of hydrogen-bond acceptors (Lipinski definition) is 3. The Labute approximate surface area is 115 Å². The highest BCUT2D eigenvalue weighted by atomic mass is 35.5. The van der Waals surface area contributed by atoms with Gasteiger partial charge in [-0.15, -0.1) is 23.2 Å². The molecule has 0 bridgehead atoms. The van der Waals surface area contributed by atoms with Gasteiger partial charge in [-0.2, -0.15) is 0 Å². The standard InChI is InChI=1S/C11H10Cl2N2OS/c1-7-2-4-8(5-3-7)11(16)15-10(9(12)13)14-6-17/h2-5,9-10H,1H3,(H,15,16)/t10-/m0/s1. The zero-order valence-electron chi connectivity index (χ0n) is 8.98.